The van der Waals surface area contributed by atoms with Gasteiger partial charge in [0.25, 0.3) is 5.91 Å². The molecule has 5 rings (SSSR count). The van der Waals surface area contributed by atoms with Gasteiger partial charge in [-0.1, -0.05) is 72.8 Å². The normalized spacial score (nSPS) is 13.7. The van der Waals surface area contributed by atoms with Gasteiger partial charge in [-0.3, -0.25) is 4.79 Å². The SMILES string of the molecule is CC(NC(=O)c1ccc2c(c1)CCCN2Cc1ccc(-c2ccccc2C(=O)OC(C)(C)C)cc1)c1ccccc1. The summed E-state index contributed by atoms with van der Waals surface area (Å²) in [6, 6.07) is 32.0. The maximum atomic E-state index is 13.0. The second-order valence-electron chi connectivity index (χ2n) is 11.7. The number of hydrogen-bond acceptors (Lipinski definition) is 4. The van der Waals surface area contributed by atoms with E-state index in [1.54, 1.807) is 0 Å². The summed E-state index contributed by atoms with van der Waals surface area (Å²) in [4.78, 5) is 28.2. The summed E-state index contributed by atoms with van der Waals surface area (Å²) in [5, 5.41) is 3.13. The molecule has 41 heavy (non-hydrogen) atoms. The first-order chi connectivity index (χ1) is 19.7. The van der Waals surface area contributed by atoms with Crippen molar-refractivity contribution in [1.82, 2.24) is 5.32 Å². The van der Waals surface area contributed by atoms with Crippen LogP contribution in [-0.2, 0) is 17.7 Å². The van der Waals surface area contributed by atoms with Crippen LogP contribution in [0.5, 0.6) is 0 Å². The Kier molecular flexibility index (Phi) is 8.25. The zero-order valence-electron chi connectivity index (χ0n) is 24.3. The number of rotatable bonds is 7. The Morgan fingerprint density at radius 2 is 1.61 bits per heavy atom. The van der Waals surface area contributed by atoms with E-state index in [0.717, 1.165) is 42.6 Å². The number of nitrogens with zero attached hydrogens (tertiary/aromatic N) is 1. The molecule has 5 heteroatoms. The average molecular weight is 547 g/mol. The van der Waals surface area contributed by atoms with Crippen LogP contribution in [0.3, 0.4) is 0 Å². The van der Waals surface area contributed by atoms with E-state index in [1.165, 1.54) is 16.8 Å². The van der Waals surface area contributed by atoms with Crippen LogP contribution in [-0.4, -0.2) is 24.0 Å². The molecule has 4 aromatic rings. The number of ether oxygens (including phenoxy) is 1. The molecule has 0 saturated carbocycles. The van der Waals surface area contributed by atoms with Gasteiger partial charge in [0, 0.05) is 24.3 Å². The Hall–Kier alpha value is -4.38. The Morgan fingerprint density at radius 3 is 2.34 bits per heavy atom. The highest BCUT2D eigenvalue weighted by atomic mass is 16.6. The summed E-state index contributed by atoms with van der Waals surface area (Å²) in [5.41, 5.74) is 7.23. The highest BCUT2D eigenvalue weighted by Crippen LogP contribution is 2.31. The van der Waals surface area contributed by atoms with Crippen LogP contribution >= 0.6 is 0 Å². The standard InChI is InChI=1S/C36H38N2O3/c1-25(27-11-6-5-7-12-27)37-34(39)30-20-21-33-29(23-30)13-10-22-38(33)24-26-16-18-28(19-17-26)31-14-8-9-15-32(31)35(40)41-36(2,3)4/h5-9,11-12,14-21,23,25H,10,13,22,24H2,1-4H3,(H,37,39). The summed E-state index contributed by atoms with van der Waals surface area (Å²) in [6.07, 6.45) is 2.00. The van der Waals surface area contributed by atoms with Crippen molar-refractivity contribution in [3.63, 3.8) is 0 Å². The van der Waals surface area contributed by atoms with Gasteiger partial charge in [-0.15, -0.1) is 0 Å². The first kappa shape index (κ1) is 28.2. The second-order valence-corrected chi connectivity index (χ2v) is 11.7. The Labute approximate surface area is 243 Å². The maximum absolute atomic E-state index is 13.0. The average Bonchev–Trinajstić information content (AvgIpc) is 2.97. The molecule has 0 aliphatic carbocycles. The molecule has 5 nitrogen and oxygen atoms in total. The summed E-state index contributed by atoms with van der Waals surface area (Å²) < 4.78 is 5.63. The van der Waals surface area contributed by atoms with Gasteiger partial charge >= 0.3 is 5.97 Å². The lowest BCUT2D eigenvalue weighted by molar-refractivity contribution is 0.00703. The Balaban J connectivity index is 1.28. The molecule has 4 aromatic carbocycles. The van der Waals surface area contributed by atoms with E-state index in [0.29, 0.717) is 11.1 Å². The molecular weight excluding hydrogens is 508 g/mol. The van der Waals surface area contributed by atoms with E-state index in [1.807, 2.05) is 94.4 Å². The van der Waals surface area contributed by atoms with Crippen LogP contribution in [0.2, 0.25) is 0 Å². The summed E-state index contributed by atoms with van der Waals surface area (Å²) in [5.74, 6) is -0.367. The monoisotopic (exact) mass is 546 g/mol. The van der Waals surface area contributed by atoms with Crippen LogP contribution in [0.4, 0.5) is 5.69 Å². The first-order valence-electron chi connectivity index (χ1n) is 14.3. The van der Waals surface area contributed by atoms with Crippen LogP contribution in [0.1, 0.15) is 77.6 Å². The maximum Gasteiger partial charge on any atom is 0.339 e. The minimum atomic E-state index is -0.552. The Morgan fingerprint density at radius 1 is 0.902 bits per heavy atom. The number of fused-ring (bicyclic) bond motifs is 1. The van der Waals surface area contributed by atoms with Crippen molar-refractivity contribution in [2.45, 2.75) is 58.7 Å². The van der Waals surface area contributed by atoms with E-state index in [9.17, 15) is 9.59 Å². The van der Waals surface area contributed by atoms with Crippen LogP contribution in [0.15, 0.2) is 97.1 Å². The fourth-order valence-corrected chi connectivity index (χ4v) is 5.34. The quantitative estimate of drug-likeness (QED) is 0.241. The smallest absolute Gasteiger partial charge is 0.339 e. The molecule has 1 aliphatic heterocycles. The fraction of sp³-hybridized carbons (Fsp3) is 0.278. The molecule has 0 saturated heterocycles. The number of esters is 1. The van der Waals surface area contributed by atoms with Crippen molar-refractivity contribution < 1.29 is 14.3 Å². The van der Waals surface area contributed by atoms with Gasteiger partial charge in [0.1, 0.15) is 5.60 Å². The van der Waals surface area contributed by atoms with E-state index in [-0.39, 0.29) is 17.9 Å². The van der Waals surface area contributed by atoms with Gasteiger partial charge in [0.05, 0.1) is 11.6 Å². The number of carbonyl (C=O) groups excluding carboxylic acids is 2. The molecule has 0 bridgehead atoms. The molecular formula is C36H38N2O3. The van der Waals surface area contributed by atoms with Gasteiger partial charge in [-0.2, -0.15) is 0 Å². The minimum Gasteiger partial charge on any atom is -0.456 e. The zero-order valence-corrected chi connectivity index (χ0v) is 24.3. The predicted molar refractivity (Wildman–Crippen MR) is 165 cm³/mol. The fourth-order valence-electron chi connectivity index (χ4n) is 5.34. The number of hydrogen-bond donors (Lipinski definition) is 1. The molecule has 0 radical (unpaired) electrons. The van der Waals surface area contributed by atoms with Gasteiger partial charge < -0.3 is 15.0 Å². The van der Waals surface area contributed by atoms with Crippen molar-refractivity contribution in [1.29, 1.82) is 0 Å². The number of nitrogens with one attached hydrogen (secondary N) is 1. The number of anilines is 1. The van der Waals surface area contributed by atoms with E-state index >= 15 is 0 Å². The number of amides is 1. The van der Waals surface area contributed by atoms with Gasteiger partial charge in [-0.05, 0) is 92.6 Å². The molecule has 0 spiro atoms. The Bertz CT molecular complexity index is 1520. The zero-order chi connectivity index (χ0) is 29.0. The van der Waals surface area contributed by atoms with E-state index in [2.05, 4.69) is 40.5 Å². The topological polar surface area (TPSA) is 58.6 Å². The molecule has 210 valence electrons. The first-order valence-corrected chi connectivity index (χ1v) is 14.3. The number of aryl methyl sites for hydroxylation is 1. The van der Waals surface area contributed by atoms with Crippen LogP contribution in [0.25, 0.3) is 11.1 Å². The third-order valence-corrected chi connectivity index (χ3v) is 7.39. The number of benzene rings is 4. The lowest BCUT2D eigenvalue weighted by atomic mass is 9.97. The summed E-state index contributed by atoms with van der Waals surface area (Å²) in [6.45, 7) is 9.38. The van der Waals surface area contributed by atoms with Crippen molar-refractivity contribution >= 4 is 17.6 Å². The molecule has 0 aromatic heterocycles. The number of carbonyl (C=O) groups is 2. The molecule has 0 fully saturated rings. The molecule has 1 N–H and O–H groups in total. The highest BCUT2D eigenvalue weighted by Gasteiger charge is 2.22. The lowest BCUT2D eigenvalue weighted by Crippen LogP contribution is -2.30. The van der Waals surface area contributed by atoms with Gasteiger partial charge in [-0.25, -0.2) is 4.79 Å². The van der Waals surface area contributed by atoms with Crippen molar-refractivity contribution in [3.8, 4) is 11.1 Å². The molecule has 1 aliphatic rings. The molecule has 1 amide bonds. The minimum absolute atomic E-state index is 0.0523. The van der Waals surface area contributed by atoms with Crippen molar-refractivity contribution in [2.75, 3.05) is 11.4 Å². The van der Waals surface area contributed by atoms with Crippen LogP contribution in [0, 0.1) is 0 Å². The third-order valence-electron chi connectivity index (χ3n) is 7.39. The van der Waals surface area contributed by atoms with E-state index < -0.39 is 5.60 Å². The van der Waals surface area contributed by atoms with Crippen LogP contribution < -0.4 is 10.2 Å². The van der Waals surface area contributed by atoms with Crippen molar-refractivity contribution in [3.05, 3.63) is 125 Å². The predicted octanol–water partition coefficient (Wildman–Crippen LogP) is 7.75. The van der Waals surface area contributed by atoms with Crippen molar-refractivity contribution in [2.24, 2.45) is 0 Å². The molecule has 1 atom stereocenters. The third kappa shape index (κ3) is 6.86. The highest BCUT2D eigenvalue weighted by molar-refractivity contribution is 5.97. The van der Waals surface area contributed by atoms with Gasteiger partial charge in [0.2, 0.25) is 0 Å². The lowest BCUT2D eigenvalue weighted by Gasteiger charge is -2.32. The van der Waals surface area contributed by atoms with E-state index in [4.69, 9.17) is 4.74 Å². The largest absolute Gasteiger partial charge is 0.456 e. The molecule has 1 unspecified atom stereocenters. The second kappa shape index (κ2) is 12.0. The summed E-state index contributed by atoms with van der Waals surface area (Å²) >= 11 is 0. The summed E-state index contributed by atoms with van der Waals surface area (Å²) in [7, 11) is 0. The molecule has 1 heterocycles. The van der Waals surface area contributed by atoms with Gasteiger partial charge in [0.15, 0.2) is 0 Å².